The fourth-order valence-corrected chi connectivity index (χ4v) is 3.69. The van der Waals surface area contributed by atoms with E-state index in [2.05, 4.69) is 5.32 Å². The van der Waals surface area contributed by atoms with Gasteiger partial charge in [-0.2, -0.15) is 0 Å². The Balaban J connectivity index is 1.49. The normalized spacial score (nSPS) is 14.6. The quantitative estimate of drug-likeness (QED) is 0.296. The van der Waals surface area contributed by atoms with Gasteiger partial charge in [0.15, 0.2) is 5.11 Å². The van der Waals surface area contributed by atoms with Crippen LogP contribution in [-0.4, -0.2) is 35.1 Å². The van der Waals surface area contributed by atoms with E-state index < -0.39 is 17.8 Å². The van der Waals surface area contributed by atoms with E-state index in [1.54, 1.807) is 73.8 Å². The number of anilines is 1. The van der Waals surface area contributed by atoms with E-state index in [-0.39, 0.29) is 22.9 Å². The van der Waals surface area contributed by atoms with E-state index in [0.29, 0.717) is 22.7 Å². The standard InChI is InChI=1S/C26H20N2O6S/c1-33-20-11-7-19(8-12-20)28-24(30)22(23(29)27-26(28)35)14-16-5-9-21(10-6-16)34-15-17-3-2-4-18(13-17)25(31)32/h2-14H,15H2,1H3,(H,31,32)(H,27,29,35)/b22-14+. The monoisotopic (exact) mass is 488 g/mol. The van der Waals surface area contributed by atoms with E-state index >= 15 is 0 Å². The lowest BCUT2D eigenvalue weighted by molar-refractivity contribution is -0.122. The minimum Gasteiger partial charge on any atom is -0.497 e. The Labute approximate surface area is 206 Å². The first-order valence-corrected chi connectivity index (χ1v) is 10.9. The maximum Gasteiger partial charge on any atom is 0.335 e. The van der Waals surface area contributed by atoms with Crippen LogP contribution in [0.15, 0.2) is 78.4 Å². The molecule has 0 saturated carbocycles. The third-order valence-corrected chi connectivity index (χ3v) is 5.49. The van der Waals surface area contributed by atoms with Crippen LogP contribution in [0.25, 0.3) is 6.08 Å². The van der Waals surface area contributed by atoms with Crippen molar-refractivity contribution in [1.82, 2.24) is 5.32 Å². The first-order chi connectivity index (χ1) is 16.9. The number of carboxylic acid groups (broad SMARTS) is 1. The molecule has 0 atom stereocenters. The molecule has 4 rings (SSSR count). The lowest BCUT2D eigenvalue weighted by Crippen LogP contribution is -2.54. The molecule has 8 nitrogen and oxygen atoms in total. The highest BCUT2D eigenvalue weighted by molar-refractivity contribution is 7.80. The number of nitrogens with zero attached hydrogens (tertiary/aromatic N) is 1. The van der Waals surface area contributed by atoms with Gasteiger partial charge in [0.05, 0.1) is 18.4 Å². The lowest BCUT2D eigenvalue weighted by atomic mass is 10.1. The summed E-state index contributed by atoms with van der Waals surface area (Å²) in [4.78, 5) is 38.0. The molecule has 35 heavy (non-hydrogen) atoms. The molecule has 9 heteroatoms. The number of ether oxygens (including phenoxy) is 2. The number of carbonyl (C=O) groups is 3. The predicted molar refractivity (Wildman–Crippen MR) is 133 cm³/mol. The summed E-state index contributed by atoms with van der Waals surface area (Å²) in [5.74, 6) is -0.947. The molecule has 3 aromatic rings. The van der Waals surface area contributed by atoms with Crippen LogP contribution in [0, 0.1) is 0 Å². The number of nitrogens with one attached hydrogen (secondary N) is 1. The number of carboxylic acids is 1. The maximum atomic E-state index is 13.1. The zero-order chi connectivity index (χ0) is 24.9. The zero-order valence-electron chi connectivity index (χ0n) is 18.6. The highest BCUT2D eigenvalue weighted by atomic mass is 32.1. The number of amides is 2. The van der Waals surface area contributed by atoms with Crippen molar-refractivity contribution >= 4 is 46.9 Å². The molecule has 0 aromatic heterocycles. The van der Waals surface area contributed by atoms with Crippen molar-refractivity contribution in [3.63, 3.8) is 0 Å². The van der Waals surface area contributed by atoms with Gasteiger partial charge in [-0.15, -0.1) is 0 Å². The maximum absolute atomic E-state index is 13.1. The average molecular weight is 489 g/mol. The summed E-state index contributed by atoms with van der Waals surface area (Å²) in [5.41, 5.74) is 1.96. The van der Waals surface area contributed by atoms with Gasteiger partial charge >= 0.3 is 5.97 Å². The number of hydrogen-bond donors (Lipinski definition) is 2. The number of carbonyl (C=O) groups excluding carboxylic acids is 2. The second-order valence-electron chi connectivity index (χ2n) is 7.52. The molecule has 0 radical (unpaired) electrons. The Hall–Kier alpha value is -4.50. The summed E-state index contributed by atoms with van der Waals surface area (Å²) >= 11 is 5.22. The van der Waals surface area contributed by atoms with Crippen LogP contribution >= 0.6 is 12.2 Å². The largest absolute Gasteiger partial charge is 0.497 e. The summed E-state index contributed by atoms with van der Waals surface area (Å²) in [6, 6.07) is 20.1. The smallest absolute Gasteiger partial charge is 0.335 e. The number of rotatable bonds is 7. The van der Waals surface area contributed by atoms with Crippen molar-refractivity contribution in [1.29, 1.82) is 0 Å². The average Bonchev–Trinajstić information content (AvgIpc) is 2.86. The van der Waals surface area contributed by atoms with Crippen LogP contribution in [0.3, 0.4) is 0 Å². The first-order valence-electron chi connectivity index (χ1n) is 10.5. The minimum atomic E-state index is -1.00. The van der Waals surface area contributed by atoms with Crippen LogP contribution in [0.5, 0.6) is 11.5 Å². The Morgan fingerprint density at radius 2 is 1.71 bits per heavy atom. The number of methoxy groups -OCH3 is 1. The first kappa shape index (κ1) is 23.7. The molecule has 1 saturated heterocycles. The van der Waals surface area contributed by atoms with Gasteiger partial charge in [-0.1, -0.05) is 24.3 Å². The van der Waals surface area contributed by atoms with Gasteiger partial charge in [-0.05, 0) is 78.0 Å². The summed E-state index contributed by atoms with van der Waals surface area (Å²) in [5, 5.41) is 11.6. The molecule has 1 aliphatic heterocycles. The van der Waals surface area contributed by atoms with E-state index in [0.717, 1.165) is 5.56 Å². The second kappa shape index (κ2) is 10.2. The van der Waals surface area contributed by atoms with Gasteiger partial charge in [0.1, 0.15) is 23.7 Å². The minimum absolute atomic E-state index is 0.00182. The molecule has 2 N–H and O–H groups in total. The Morgan fingerprint density at radius 3 is 2.37 bits per heavy atom. The molecular weight excluding hydrogens is 468 g/mol. The third kappa shape index (κ3) is 5.36. The number of thiocarbonyl (C=S) groups is 1. The number of benzene rings is 3. The molecule has 0 spiro atoms. The SMILES string of the molecule is COc1ccc(N2C(=O)/C(=C/c3ccc(OCc4cccc(C(=O)O)c4)cc3)C(=O)NC2=S)cc1. The molecule has 0 bridgehead atoms. The molecule has 176 valence electrons. The zero-order valence-corrected chi connectivity index (χ0v) is 19.4. The van der Waals surface area contributed by atoms with Crippen LogP contribution in [0.4, 0.5) is 5.69 Å². The molecule has 0 aliphatic carbocycles. The van der Waals surface area contributed by atoms with Gasteiger partial charge < -0.3 is 14.6 Å². The van der Waals surface area contributed by atoms with Crippen LogP contribution in [0.2, 0.25) is 0 Å². The molecule has 2 amide bonds. The van der Waals surface area contributed by atoms with Crippen molar-refractivity contribution < 1.29 is 29.0 Å². The van der Waals surface area contributed by atoms with Crippen molar-refractivity contribution in [2.45, 2.75) is 6.61 Å². The van der Waals surface area contributed by atoms with Crippen LogP contribution < -0.4 is 19.7 Å². The van der Waals surface area contributed by atoms with Crippen molar-refractivity contribution in [2.75, 3.05) is 12.0 Å². The van der Waals surface area contributed by atoms with Crippen LogP contribution in [0.1, 0.15) is 21.5 Å². The van der Waals surface area contributed by atoms with Gasteiger partial charge in [-0.25, -0.2) is 4.79 Å². The lowest BCUT2D eigenvalue weighted by Gasteiger charge is -2.29. The van der Waals surface area contributed by atoms with E-state index in [4.69, 9.17) is 26.8 Å². The summed E-state index contributed by atoms with van der Waals surface area (Å²) in [6.45, 7) is 0.191. The molecule has 1 fully saturated rings. The summed E-state index contributed by atoms with van der Waals surface area (Å²) in [6.07, 6.45) is 1.48. The topological polar surface area (TPSA) is 105 Å². The Morgan fingerprint density at radius 1 is 1.03 bits per heavy atom. The van der Waals surface area contributed by atoms with Crippen LogP contribution in [-0.2, 0) is 16.2 Å². The molecular formula is C26H20N2O6S. The molecule has 3 aromatic carbocycles. The van der Waals surface area contributed by atoms with Crippen molar-refractivity contribution in [3.05, 3.63) is 95.1 Å². The van der Waals surface area contributed by atoms with Crippen molar-refractivity contribution in [2.24, 2.45) is 0 Å². The third-order valence-electron chi connectivity index (χ3n) is 5.20. The highest BCUT2D eigenvalue weighted by Crippen LogP contribution is 2.25. The molecule has 1 heterocycles. The van der Waals surface area contributed by atoms with Gasteiger partial charge in [0.2, 0.25) is 0 Å². The number of aromatic carboxylic acids is 1. The van der Waals surface area contributed by atoms with Gasteiger partial charge in [-0.3, -0.25) is 19.8 Å². The summed E-state index contributed by atoms with van der Waals surface area (Å²) < 4.78 is 10.9. The number of hydrogen-bond acceptors (Lipinski definition) is 6. The van der Waals surface area contributed by atoms with E-state index in [9.17, 15) is 14.4 Å². The molecule has 0 unspecified atom stereocenters. The second-order valence-corrected chi connectivity index (χ2v) is 7.91. The fraction of sp³-hybridized carbons (Fsp3) is 0.0769. The van der Waals surface area contributed by atoms with E-state index in [1.165, 1.54) is 17.0 Å². The Bertz CT molecular complexity index is 1330. The Kier molecular flexibility index (Phi) is 6.88. The molecule has 1 aliphatic rings. The van der Waals surface area contributed by atoms with Crippen molar-refractivity contribution in [3.8, 4) is 11.5 Å². The summed E-state index contributed by atoms with van der Waals surface area (Å²) in [7, 11) is 1.54. The van der Waals surface area contributed by atoms with Gasteiger partial charge in [0, 0.05) is 0 Å². The fourth-order valence-electron chi connectivity index (χ4n) is 3.41. The van der Waals surface area contributed by atoms with E-state index in [1.807, 2.05) is 0 Å². The predicted octanol–water partition coefficient (Wildman–Crippen LogP) is 3.80. The van der Waals surface area contributed by atoms with Gasteiger partial charge in [0.25, 0.3) is 11.8 Å². The highest BCUT2D eigenvalue weighted by Gasteiger charge is 2.34.